The van der Waals surface area contributed by atoms with Gasteiger partial charge in [0, 0.05) is 22.8 Å². The van der Waals surface area contributed by atoms with Gasteiger partial charge >= 0.3 is 0 Å². The van der Waals surface area contributed by atoms with Crippen molar-refractivity contribution in [3.05, 3.63) is 64.2 Å². The van der Waals surface area contributed by atoms with E-state index in [-0.39, 0.29) is 5.91 Å². The monoisotopic (exact) mass is 274 g/mol. The molecule has 0 unspecified atom stereocenters. The molecule has 0 aliphatic heterocycles. The van der Waals surface area contributed by atoms with Crippen molar-refractivity contribution in [3.63, 3.8) is 0 Å². The third-order valence-electron chi connectivity index (χ3n) is 2.88. The fraction of sp³-hybridized carbons (Fsp3) is 0.133. The van der Waals surface area contributed by atoms with Gasteiger partial charge in [-0.2, -0.15) is 0 Å². The standard InChI is InChI=1S/C15H15ClN2O/c1-10-4-2-3-5-11(10)9-18-15(19)12-6-13(16)8-14(17)7-12/h2-8H,9,17H2,1H3,(H,18,19). The van der Waals surface area contributed by atoms with Crippen LogP contribution in [0.2, 0.25) is 5.02 Å². The molecule has 2 rings (SSSR count). The van der Waals surface area contributed by atoms with Crippen LogP contribution in [0.25, 0.3) is 0 Å². The number of rotatable bonds is 3. The van der Waals surface area contributed by atoms with Gasteiger partial charge in [-0.05, 0) is 36.2 Å². The Kier molecular flexibility index (Phi) is 4.07. The molecule has 0 aliphatic rings. The van der Waals surface area contributed by atoms with Gasteiger partial charge in [-0.1, -0.05) is 35.9 Å². The van der Waals surface area contributed by atoms with E-state index in [9.17, 15) is 4.79 Å². The molecule has 19 heavy (non-hydrogen) atoms. The number of carbonyl (C=O) groups excluding carboxylic acids is 1. The van der Waals surface area contributed by atoms with E-state index >= 15 is 0 Å². The molecule has 0 fully saturated rings. The lowest BCUT2D eigenvalue weighted by atomic mass is 10.1. The Hall–Kier alpha value is -2.00. The van der Waals surface area contributed by atoms with E-state index in [2.05, 4.69) is 5.32 Å². The summed E-state index contributed by atoms with van der Waals surface area (Å²) in [5.41, 5.74) is 8.85. The molecule has 0 aromatic heterocycles. The maximum absolute atomic E-state index is 12.0. The second-order valence-electron chi connectivity index (χ2n) is 4.38. The van der Waals surface area contributed by atoms with Crippen LogP contribution in [0.5, 0.6) is 0 Å². The van der Waals surface area contributed by atoms with E-state index in [0.29, 0.717) is 22.8 Å². The molecule has 98 valence electrons. The number of anilines is 1. The molecule has 3 N–H and O–H groups in total. The summed E-state index contributed by atoms with van der Waals surface area (Å²) in [6, 6.07) is 12.7. The topological polar surface area (TPSA) is 55.1 Å². The Bertz CT molecular complexity index is 591. The van der Waals surface area contributed by atoms with Gasteiger partial charge < -0.3 is 11.1 Å². The molecular formula is C15H15ClN2O. The smallest absolute Gasteiger partial charge is 0.251 e. The number of hydrogen-bond donors (Lipinski definition) is 2. The molecule has 0 spiro atoms. The maximum atomic E-state index is 12.0. The first-order valence-corrected chi connectivity index (χ1v) is 6.33. The van der Waals surface area contributed by atoms with E-state index < -0.39 is 0 Å². The second kappa shape index (κ2) is 5.76. The first-order valence-electron chi connectivity index (χ1n) is 5.95. The largest absolute Gasteiger partial charge is 0.399 e. The van der Waals surface area contributed by atoms with Crippen molar-refractivity contribution >= 4 is 23.2 Å². The van der Waals surface area contributed by atoms with Crippen molar-refractivity contribution in [2.75, 3.05) is 5.73 Å². The Morgan fingerprint density at radius 3 is 2.68 bits per heavy atom. The molecule has 0 saturated heterocycles. The summed E-state index contributed by atoms with van der Waals surface area (Å²) < 4.78 is 0. The highest BCUT2D eigenvalue weighted by atomic mass is 35.5. The predicted octanol–water partition coefficient (Wildman–Crippen LogP) is 3.16. The number of nitrogens with two attached hydrogens (primary N) is 1. The van der Waals surface area contributed by atoms with Crippen LogP contribution in [0, 0.1) is 6.92 Å². The summed E-state index contributed by atoms with van der Waals surface area (Å²) in [7, 11) is 0. The number of halogens is 1. The van der Waals surface area contributed by atoms with Gasteiger partial charge in [0.2, 0.25) is 0 Å². The maximum Gasteiger partial charge on any atom is 0.251 e. The minimum absolute atomic E-state index is 0.183. The van der Waals surface area contributed by atoms with Crippen LogP contribution in [0.4, 0.5) is 5.69 Å². The Balaban J connectivity index is 2.08. The van der Waals surface area contributed by atoms with E-state index in [0.717, 1.165) is 11.1 Å². The van der Waals surface area contributed by atoms with E-state index in [1.807, 2.05) is 31.2 Å². The van der Waals surface area contributed by atoms with Gasteiger partial charge in [-0.3, -0.25) is 4.79 Å². The molecule has 1 amide bonds. The first-order chi connectivity index (χ1) is 9.06. The van der Waals surface area contributed by atoms with Crippen LogP contribution < -0.4 is 11.1 Å². The highest BCUT2D eigenvalue weighted by molar-refractivity contribution is 6.31. The molecule has 0 bridgehead atoms. The fourth-order valence-electron chi connectivity index (χ4n) is 1.83. The van der Waals surface area contributed by atoms with Crippen molar-refractivity contribution < 1.29 is 4.79 Å². The summed E-state index contributed by atoms with van der Waals surface area (Å²) in [4.78, 5) is 12.0. The first kappa shape index (κ1) is 13.4. The van der Waals surface area contributed by atoms with Crippen LogP contribution in [0.1, 0.15) is 21.5 Å². The molecule has 0 atom stereocenters. The summed E-state index contributed by atoms with van der Waals surface area (Å²) in [5.74, 6) is -0.183. The SMILES string of the molecule is Cc1ccccc1CNC(=O)c1cc(N)cc(Cl)c1. The number of nitrogens with one attached hydrogen (secondary N) is 1. The van der Waals surface area contributed by atoms with Crippen LogP contribution >= 0.6 is 11.6 Å². The average Bonchev–Trinajstić information content (AvgIpc) is 2.36. The second-order valence-corrected chi connectivity index (χ2v) is 4.82. The zero-order valence-corrected chi connectivity index (χ0v) is 11.4. The van der Waals surface area contributed by atoms with Gasteiger partial charge in [0.25, 0.3) is 5.91 Å². The number of amides is 1. The van der Waals surface area contributed by atoms with Crippen molar-refractivity contribution in [3.8, 4) is 0 Å². The van der Waals surface area contributed by atoms with Crippen LogP contribution in [0.3, 0.4) is 0 Å². The number of nitrogen functional groups attached to an aromatic ring is 1. The summed E-state index contributed by atoms with van der Waals surface area (Å²) >= 11 is 5.88. The quantitative estimate of drug-likeness (QED) is 0.845. The minimum Gasteiger partial charge on any atom is -0.399 e. The molecule has 2 aromatic carbocycles. The van der Waals surface area contributed by atoms with Gasteiger partial charge in [0.15, 0.2) is 0 Å². The zero-order valence-electron chi connectivity index (χ0n) is 10.6. The number of carbonyl (C=O) groups is 1. The number of hydrogen-bond acceptors (Lipinski definition) is 2. The minimum atomic E-state index is -0.183. The van der Waals surface area contributed by atoms with E-state index in [1.54, 1.807) is 18.2 Å². The third-order valence-corrected chi connectivity index (χ3v) is 3.10. The van der Waals surface area contributed by atoms with Gasteiger partial charge in [-0.15, -0.1) is 0 Å². The molecular weight excluding hydrogens is 260 g/mol. The molecule has 0 saturated carbocycles. The fourth-order valence-corrected chi connectivity index (χ4v) is 2.07. The van der Waals surface area contributed by atoms with Crippen LogP contribution in [-0.2, 0) is 6.54 Å². The van der Waals surface area contributed by atoms with E-state index in [4.69, 9.17) is 17.3 Å². The molecule has 4 heteroatoms. The summed E-state index contributed by atoms with van der Waals surface area (Å²) in [6.45, 7) is 2.50. The third kappa shape index (κ3) is 3.48. The van der Waals surface area contributed by atoms with Crippen molar-refractivity contribution in [2.45, 2.75) is 13.5 Å². The van der Waals surface area contributed by atoms with E-state index in [1.165, 1.54) is 0 Å². The van der Waals surface area contributed by atoms with Crippen LogP contribution in [0.15, 0.2) is 42.5 Å². The summed E-state index contributed by atoms with van der Waals surface area (Å²) in [6.07, 6.45) is 0. The Labute approximate surface area is 117 Å². The average molecular weight is 275 g/mol. The van der Waals surface area contributed by atoms with Crippen molar-refractivity contribution in [1.82, 2.24) is 5.32 Å². The highest BCUT2D eigenvalue weighted by Gasteiger charge is 2.07. The predicted molar refractivity (Wildman–Crippen MR) is 78.2 cm³/mol. The van der Waals surface area contributed by atoms with Gasteiger partial charge in [0.05, 0.1) is 0 Å². The molecule has 3 nitrogen and oxygen atoms in total. The van der Waals surface area contributed by atoms with Gasteiger partial charge in [-0.25, -0.2) is 0 Å². The normalized spacial score (nSPS) is 10.2. The lowest BCUT2D eigenvalue weighted by molar-refractivity contribution is 0.0951. The van der Waals surface area contributed by atoms with Crippen LogP contribution in [-0.4, -0.2) is 5.91 Å². The highest BCUT2D eigenvalue weighted by Crippen LogP contribution is 2.16. The van der Waals surface area contributed by atoms with Crippen molar-refractivity contribution in [2.24, 2.45) is 0 Å². The molecule has 2 aromatic rings. The molecule has 0 heterocycles. The van der Waals surface area contributed by atoms with Gasteiger partial charge in [0.1, 0.15) is 0 Å². The van der Waals surface area contributed by atoms with Crippen molar-refractivity contribution in [1.29, 1.82) is 0 Å². The lowest BCUT2D eigenvalue weighted by Crippen LogP contribution is -2.23. The zero-order chi connectivity index (χ0) is 13.8. The Morgan fingerprint density at radius 1 is 1.26 bits per heavy atom. The lowest BCUT2D eigenvalue weighted by Gasteiger charge is -2.08. The Morgan fingerprint density at radius 2 is 2.00 bits per heavy atom. The number of aryl methyl sites for hydroxylation is 1. The molecule has 0 aliphatic carbocycles. The molecule has 0 radical (unpaired) electrons. The number of benzene rings is 2. The summed E-state index contributed by atoms with van der Waals surface area (Å²) in [5, 5.41) is 3.32.